The number of esters is 1. The molecule has 3 aliphatic rings. The third-order valence-corrected chi connectivity index (χ3v) is 4.17. The van der Waals surface area contributed by atoms with E-state index in [0.717, 1.165) is 6.42 Å². The molecule has 1 N–H and O–H groups in total. The lowest BCUT2D eigenvalue weighted by Crippen LogP contribution is -2.40. The van der Waals surface area contributed by atoms with Gasteiger partial charge in [-0.1, -0.05) is 0 Å². The lowest BCUT2D eigenvalue weighted by molar-refractivity contribution is -0.150. The molecule has 1 saturated heterocycles. The van der Waals surface area contributed by atoms with E-state index in [0.29, 0.717) is 18.4 Å². The van der Waals surface area contributed by atoms with E-state index in [1.165, 1.54) is 7.11 Å². The highest BCUT2D eigenvalue weighted by molar-refractivity contribution is 5.74. The van der Waals surface area contributed by atoms with Gasteiger partial charge in [0.1, 0.15) is 0 Å². The summed E-state index contributed by atoms with van der Waals surface area (Å²) in [6.45, 7) is 0.614. The van der Waals surface area contributed by atoms with E-state index in [4.69, 9.17) is 9.47 Å². The molecule has 0 radical (unpaired) electrons. The van der Waals surface area contributed by atoms with Gasteiger partial charge in [-0.25, -0.2) is 0 Å². The van der Waals surface area contributed by atoms with Crippen LogP contribution in [0, 0.1) is 23.7 Å². The molecule has 4 nitrogen and oxygen atoms in total. The van der Waals surface area contributed by atoms with Gasteiger partial charge in [0.05, 0.1) is 31.8 Å². The molecule has 1 aliphatic heterocycles. The van der Waals surface area contributed by atoms with Gasteiger partial charge in [-0.2, -0.15) is 0 Å². The molecule has 0 aromatic rings. The van der Waals surface area contributed by atoms with Crippen LogP contribution in [0.3, 0.4) is 0 Å². The summed E-state index contributed by atoms with van der Waals surface area (Å²) in [6, 6.07) is 0. The number of carbonyl (C=O) groups is 1. The van der Waals surface area contributed by atoms with Gasteiger partial charge in [-0.05, 0) is 12.3 Å². The highest BCUT2D eigenvalue weighted by atomic mass is 16.5. The van der Waals surface area contributed by atoms with Crippen LogP contribution >= 0.6 is 0 Å². The Labute approximate surface area is 82.2 Å². The van der Waals surface area contributed by atoms with Crippen LogP contribution in [0.2, 0.25) is 0 Å². The molecule has 1 heterocycles. The maximum Gasteiger partial charge on any atom is 0.309 e. The highest BCUT2D eigenvalue weighted by Crippen LogP contribution is 2.57. The smallest absolute Gasteiger partial charge is 0.309 e. The predicted octanol–water partition coefficient (Wildman–Crippen LogP) is -0.199. The van der Waals surface area contributed by atoms with Gasteiger partial charge in [0, 0.05) is 11.8 Å². The average molecular weight is 198 g/mol. The lowest BCUT2D eigenvalue weighted by atomic mass is 9.79. The Morgan fingerprint density at radius 3 is 2.93 bits per heavy atom. The number of aliphatic hydroxyl groups is 1. The average Bonchev–Trinajstić information content (AvgIpc) is 2.76. The van der Waals surface area contributed by atoms with E-state index >= 15 is 0 Å². The number of fused-ring (bicyclic) bond motifs is 1. The minimum absolute atomic E-state index is 0.00842. The fourth-order valence-corrected chi connectivity index (χ4v) is 3.60. The molecule has 2 saturated carbocycles. The SMILES string of the molecule is COC(=O)[C@H]1[C@@H]2C[C@@H]3[C@H]1CO[C@@H]3[C@H]2O. The zero-order chi connectivity index (χ0) is 9.87. The Bertz CT molecular complexity index is 277. The molecule has 2 bridgehead atoms. The number of ether oxygens (including phenoxy) is 2. The van der Waals surface area contributed by atoms with Crippen LogP contribution in [0.4, 0.5) is 0 Å². The molecule has 0 aromatic carbocycles. The fraction of sp³-hybridized carbons (Fsp3) is 0.900. The number of methoxy groups -OCH3 is 1. The van der Waals surface area contributed by atoms with Crippen molar-refractivity contribution in [2.45, 2.75) is 18.6 Å². The van der Waals surface area contributed by atoms with E-state index < -0.39 is 6.10 Å². The summed E-state index contributed by atoms with van der Waals surface area (Å²) in [6.07, 6.45) is 0.463. The predicted molar refractivity (Wildman–Crippen MR) is 46.3 cm³/mol. The minimum atomic E-state index is -0.456. The standard InChI is InChI=1S/C10H14O4/c1-13-10(12)7-5-2-4-6(7)3-14-9(4)8(5)11/h4-9,11H,2-3H2,1H3/t4-,5+,6-,7+,8+,9+/m1/s1. The number of hydrogen-bond acceptors (Lipinski definition) is 4. The molecule has 78 valence electrons. The Balaban J connectivity index is 1.92. The van der Waals surface area contributed by atoms with Crippen molar-refractivity contribution in [1.29, 1.82) is 0 Å². The van der Waals surface area contributed by atoms with Gasteiger partial charge < -0.3 is 14.6 Å². The Kier molecular flexibility index (Phi) is 1.67. The largest absolute Gasteiger partial charge is 0.469 e. The highest BCUT2D eigenvalue weighted by Gasteiger charge is 2.64. The molecule has 3 rings (SSSR count). The molecule has 14 heavy (non-hydrogen) atoms. The first-order valence-corrected chi connectivity index (χ1v) is 5.11. The van der Waals surface area contributed by atoms with E-state index in [2.05, 4.69) is 0 Å². The van der Waals surface area contributed by atoms with Gasteiger partial charge >= 0.3 is 5.97 Å². The summed E-state index contributed by atoms with van der Waals surface area (Å²) in [7, 11) is 1.41. The molecule has 2 aliphatic carbocycles. The lowest BCUT2D eigenvalue weighted by Gasteiger charge is -2.28. The first-order chi connectivity index (χ1) is 6.74. The third kappa shape index (κ3) is 0.834. The van der Waals surface area contributed by atoms with E-state index in [9.17, 15) is 9.90 Å². The van der Waals surface area contributed by atoms with Crippen LogP contribution in [-0.2, 0) is 14.3 Å². The molecule has 0 spiro atoms. The molecule has 0 unspecified atom stereocenters. The molecule has 3 fully saturated rings. The van der Waals surface area contributed by atoms with E-state index in [-0.39, 0.29) is 23.9 Å². The molecular weight excluding hydrogens is 184 g/mol. The quantitative estimate of drug-likeness (QED) is 0.593. The second kappa shape index (κ2) is 2.70. The second-order valence-electron chi connectivity index (χ2n) is 4.56. The molecule has 6 atom stereocenters. The zero-order valence-electron chi connectivity index (χ0n) is 8.05. The van der Waals surface area contributed by atoms with Crippen LogP contribution in [0.1, 0.15) is 6.42 Å². The number of aliphatic hydroxyl groups excluding tert-OH is 1. The van der Waals surface area contributed by atoms with Crippen LogP contribution in [-0.4, -0.2) is 37.0 Å². The Hall–Kier alpha value is -0.610. The van der Waals surface area contributed by atoms with Crippen molar-refractivity contribution in [1.82, 2.24) is 0 Å². The van der Waals surface area contributed by atoms with Gasteiger partial charge in [0.2, 0.25) is 0 Å². The van der Waals surface area contributed by atoms with Gasteiger partial charge in [-0.15, -0.1) is 0 Å². The minimum Gasteiger partial charge on any atom is -0.469 e. The van der Waals surface area contributed by atoms with Gasteiger partial charge in [-0.3, -0.25) is 4.79 Å². The first-order valence-electron chi connectivity index (χ1n) is 5.11. The first kappa shape index (κ1) is 8.68. The fourth-order valence-electron chi connectivity index (χ4n) is 3.60. The van der Waals surface area contributed by atoms with Gasteiger partial charge in [0.25, 0.3) is 0 Å². The van der Waals surface area contributed by atoms with E-state index in [1.54, 1.807) is 0 Å². The molecule has 0 aromatic heterocycles. The second-order valence-corrected chi connectivity index (χ2v) is 4.56. The molecular formula is C10H14O4. The summed E-state index contributed by atoms with van der Waals surface area (Å²) in [5.74, 6) is 0.453. The normalized spacial score (nSPS) is 53.9. The number of carbonyl (C=O) groups excluding carboxylic acids is 1. The Morgan fingerprint density at radius 1 is 1.43 bits per heavy atom. The van der Waals surface area contributed by atoms with Crippen molar-refractivity contribution >= 4 is 5.97 Å². The van der Waals surface area contributed by atoms with Crippen LogP contribution in [0.25, 0.3) is 0 Å². The van der Waals surface area contributed by atoms with Gasteiger partial charge in [0.15, 0.2) is 0 Å². The zero-order valence-corrected chi connectivity index (χ0v) is 8.05. The number of hydrogen-bond donors (Lipinski definition) is 1. The van der Waals surface area contributed by atoms with Crippen molar-refractivity contribution in [3.8, 4) is 0 Å². The van der Waals surface area contributed by atoms with Crippen LogP contribution < -0.4 is 0 Å². The van der Waals surface area contributed by atoms with Crippen LogP contribution in [0.5, 0.6) is 0 Å². The maximum absolute atomic E-state index is 11.5. The van der Waals surface area contributed by atoms with Crippen molar-refractivity contribution in [2.75, 3.05) is 13.7 Å². The monoisotopic (exact) mass is 198 g/mol. The van der Waals surface area contributed by atoms with Crippen molar-refractivity contribution in [2.24, 2.45) is 23.7 Å². The Morgan fingerprint density at radius 2 is 2.21 bits per heavy atom. The van der Waals surface area contributed by atoms with Crippen molar-refractivity contribution < 1.29 is 19.4 Å². The summed E-state index contributed by atoms with van der Waals surface area (Å²) < 4.78 is 10.3. The third-order valence-electron chi connectivity index (χ3n) is 4.17. The summed E-state index contributed by atoms with van der Waals surface area (Å²) in [4.78, 5) is 11.5. The summed E-state index contributed by atoms with van der Waals surface area (Å²) >= 11 is 0. The van der Waals surface area contributed by atoms with E-state index in [1.807, 2.05) is 0 Å². The number of rotatable bonds is 1. The van der Waals surface area contributed by atoms with Crippen LogP contribution in [0.15, 0.2) is 0 Å². The topological polar surface area (TPSA) is 55.8 Å². The molecule has 4 heteroatoms. The summed E-state index contributed by atoms with van der Waals surface area (Å²) in [5, 5.41) is 9.89. The molecule has 0 amide bonds. The summed E-state index contributed by atoms with van der Waals surface area (Å²) in [5.41, 5.74) is 0. The van der Waals surface area contributed by atoms with Crippen molar-refractivity contribution in [3.63, 3.8) is 0 Å². The maximum atomic E-state index is 11.5. The van der Waals surface area contributed by atoms with Crippen molar-refractivity contribution in [3.05, 3.63) is 0 Å².